The molecule has 0 amide bonds. The highest BCUT2D eigenvalue weighted by molar-refractivity contribution is 8.04. The van der Waals surface area contributed by atoms with Gasteiger partial charge >= 0.3 is 0 Å². The van der Waals surface area contributed by atoms with E-state index in [9.17, 15) is 0 Å². The molecule has 2 heteroatoms. The van der Waals surface area contributed by atoms with E-state index < -0.39 is 0 Å². The number of nitrogens with zero attached hydrogens (tertiary/aromatic N) is 1. The fraction of sp³-hybridized carbons (Fsp3) is 0.333. The van der Waals surface area contributed by atoms with Crippen LogP contribution in [0.5, 0.6) is 0 Å². The van der Waals surface area contributed by atoms with E-state index in [1.807, 2.05) is 50.4 Å². The maximum Gasteiger partial charge on any atom is 0.0206 e. The van der Waals surface area contributed by atoms with Gasteiger partial charge in [-0.25, -0.2) is 0 Å². The molecule has 14 heavy (non-hydrogen) atoms. The average Bonchev–Trinajstić information content (AvgIpc) is 2.25. The van der Waals surface area contributed by atoms with Crippen LogP contribution in [0.2, 0.25) is 0 Å². The molecule has 0 aliphatic heterocycles. The Morgan fingerprint density at radius 3 is 2.29 bits per heavy atom. The highest BCUT2D eigenvalue weighted by atomic mass is 32.2. The topological polar surface area (TPSA) is 3.24 Å². The molecule has 0 fully saturated rings. The van der Waals surface area contributed by atoms with Gasteiger partial charge in [-0.1, -0.05) is 33.1 Å². The Bertz CT molecular complexity index is 204. The lowest BCUT2D eigenvalue weighted by atomic mass is 10.5. The van der Waals surface area contributed by atoms with E-state index in [1.54, 1.807) is 23.2 Å². The maximum absolute atomic E-state index is 3.62. The van der Waals surface area contributed by atoms with Gasteiger partial charge in [-0.15, -0.1) is 11.8 Å². The molecule has 0 aromatic rings. The predicted molar refractivity (Wildman–Crippen MR) is 70.0 cm³/mol. The van der Waals surface area contributed by atoms with E-state index >= 15 is 0 Å². The molecule has 0 N–H and O–H groups in total. The zero-order chi connectivity index (χ0) is 11.4. The van der Waals surface area contributed by atoms with Gasteiger partial charge in [0.05, 0.1) is 0 Å². The average molecular weight is 211 g/mol. The van der Waals surface area contributed by atoms with E-state index in [0.29, 0.717) is 0 Å². The van der Waals surface area contributed by atoms with Gasteiger partial charge in [0.15, 0.2) is 0 Å². The number of hydrogen-bond donors (Lipinski definition) is 0. The quantitative estimate of drug-likeness (QED) is 0.621. The van der Waals surface area contributed by atoms with Crippen molar-refractivity contribution in [3.8, 4) is 0 Å². The summed E-state index contributed by atoms with van der Waals surface area (Å²) in [6.07, 6.45) is 5.61. The zero-order valence-corrected chi connectivity index (χ0v) is 10.5. The van der Waals surface area contributed by atoms with Crippen molar-refractivity contribution in [3.63, 3.8) is 0 Å². The third-order valence-electron chi connectivity index (χ3n) is 1.34. The van der Waals surface area contributed by atoms with Crippen LogP contribution in [0.4, 0.5) is 0 Å². The van der Waals surface area contributed by atoms with Crippen molar-refractivity contribution in [1.29, 1.82) is 0 Å². The summed E-state index contributed by atoms with van der Waals surface area (Å²) in [5.74, 6) is 0. The van der Waals surface area contributed by atoms with Crippen molar-refractivity contribution in [2.24, 2.45) is 0 Å². The monoisotopic (exact) mass is 211 g/mol. The first kappa shape index (κ1) is 15.6. The summed E-state index contributed by atoms with van der Waals surface area (Å²) in [5.41, 5.74) is 1.18. The van der Waals surface area contributed by atoms with Crippen molar-refractivity contribution < 1.29 is 0 Å². The summed E-state index contributed by atoms with van der Waals surface area (Å²) >= 11 is 1.58. The number of rotatable bonds is 5. The summed E-state index contributed by atoms with van der Waals surface area (Å²) in [7, 11) is 2.00. The van der Waals surface area contributed by atoms with Gasteiger partial charge in [0.2, 0.25) is 0 Å². The smallest absolute Gasteiger partial charge is 0.0206 e. The Labute approximate surface area is 92.9 Å². The lowest BCUT2D eigenvalue weighted by molar-refractivity contribution is 0.572. The van der Waals surface area contributed by atoms with Gasteiger partial charge in [0.1, 0.15) is 0 Å². The standard InChI is InChI=1S/C10H15NS.C2H6/c1-5-7-8-11(4)10(3)9-12-6-2;1-2/h5-9H,1-2H2,3-4H3;1-2H3/b8-7-,10-9-;. The van der Waals surface area contributed by atoms with E-state index in [4.69, 9.17) is 0 Å². The molecule has 0 aliphatic carbocycles. The Balaban J connectivity index is 0. The molecule has 0 aliphatic rings. The highest BCUT2D eigenvalue weighted by Crippen LogP contribution is 2.09. The third-order valence-corrected chi connectivity index (χ3v) is 2.01. The lowest BCUT2D eigenvalue weighted by Gasteiger charge is -2.13. The van der Waals surface area contributed by atoms with Crippen molar-refractivity contribution in [3.05, 3.63) is 48.0 Å². The van der Waals surface area contributed by atoms with Crippen LogP contribution in [-0.4, -0.2) is 11.9 Å². The first-order chi connectivity index (χ1) is 6.72. The van der Waals surface area contributed by atoms with Crippen molar-refractivity contribution in [2.45, 2.75) is 20.8 Å². The Hall–Kier alpha value is -0.890. The van der Waals surface area contributed by atoms with Crippen molar-refractivity contribution in [1.82, 2.24) is 4.90 Å². The molecule has 0 atom stereocenters. The Kier molecular flexibility index (Phi) is 13.5. The summed E-state index contributed by atoms with van der Waals surface area (Å²) in [6, 6.07) is 0. The predicted octanol–water partition coefficient (Wildman–Crippen LogP) is 4.38. The first-order valence-corrected chi connectivity index (χ1v) is 5.62. The number of thioether (sulfide) groups is 1. The van der Waals surface area contributed by atoms with Crippen molar-refractivity contribution >= 4 is 11.8 Å². The summed E-state index contributed by atoms with van der Waals surface area (Å²) in [4.78, 5) is 2.03. The van der Waals surface area contributed by atoms with Crippen molar-refractivity contribution in [2.75, 3.05) is 7.05 Å². The van der Waals surface area contributed by atoms with E-state index in [0.717, 1.165) is 0 Å². The van der Waals surface area contributed by atoms with E-state index in [1.165, 1.54) is 5.70 Å². The fourth-order valence-electron chi connectivity index (χ4n) is 0.537. The number of allylic oxidation sites excluding steroid dienone is 3. The van der Waals surface area contributed by atoms with Gasteiger partial charge < -0.3 is 4.90 Å². The van der Waals surface area contributed by atoms with Gasteiger partial charge in [-0.05, 0) is 23.8 Å². The fourth-order valence-corrected chi connectivity index (χ4v) is 0.997. The Morgan fingerprint density at radius 2 is 1.86 bits per heavy atom. The van der Waals surface area contributed by atoms with Gasteiger partial charge in [0.25, 0.3) is 0 Å². The van der Waals surface area contributed by atoms with E-state index in [2.05, 4.69) is 13.2 Å². The van der Waals surface area contributed by atoms with Gasteiger partial charge in [-0.3, -0.25) is 0 Å². The van der Waals surface area contributed by atoms with Crippen LogP contribution >= 0.6 is 11.8 Å². The summed E-state index contributed by atoms with van der Waals surface area (Å²) < 4.78 is 0. The first-order valence-electron chi connectivity index (χ1n) is 4.67. The molecule has 0 spiro atoms. The molecule has 0 unspecified atom stereocenters. The minimum atomic E-state index is 1.18. The van der Waals surface area contributed by atoms with Crippen LogP contribution < -0.4 is 0 Å². The van der Waals surface area contributed by atoms with E-state index in [-0.39, 0.29) is 0 Å². The van der Waals surface area contributed by atoms with Crippen LogP contribution in [-0.2, 0) is 0 Å². The molecule has 80 valence electrons. The normalized spacial score (nSPS) is 10.4. The molecule has 0 saturated carbocycles. The Morgan fingerprint density at radius 1 is 1.29 bits per heavy atom. The molecule has 0 aromatic heterocycles. The molecular formula is C12H21NS. The second kappa shape index (κ2) is 12.1. The van der Waals surface area contributed by atoms with Crippen LogP contribution in [0.1, 0.15) is 20.8 Å². The molecule has 0 saturated heterocycles. The van der Waals surface area contributed by atoms with Crippen LogP contribution in [0, 0.1) is 0 Å². The molecule has 0 rings (SSSR count). The maximum atomic E-state index is 3.62. The highest BCUT2D eigenvalue weighted by Gasteiger charge is 1.90. The largest absolute Gasteiger partial charge is 0.354 e. The molecule has 0 bridgehead atoms. The van der Waals surface area contributed by atoms with Crippen LogP contribution in [0.3, 0.4) is 0 Å². The molecule has 0 aromatic carbocycles. The summed E-state index contributed by atoms with van der Waals surface area (Å²) in [5, 5.41) is 3.84. The second-order valence-electron chi connectivity index (χ2n) is 2.25. The minimum Gasteiger partial charge on any atom is -0.354 e. The molecule has 0 heterocycles. The zero-order valence-electron chi connectivity index (χ0n) is 9.66. The van der Waals surface area contributed by atoms with Gasteiger partial charge in [-0.2, -0.15) is 0 Å². The molecular weight excluding hydrogens is 190 g/mol. The second-order valence-corrected chi connectivity index (χ2v) is 3.09. The van der Waals surface area contributed by atoms with Crippen LogP contribution in [0.25, 0.3) is 0 Å². The number of hydrogen-bond acceptors (Lipinski definition) is 2. The van der Waals surface area contributed by atoms with Crippen LogP contribution in [0.15, 0.2) is 48.0 Å². The molecule has 1 nitrogen and oxygen atoms in total. The SMILES string of the molecule is C=C/C=C\N(C)/C(C)=C\SC=C.CC. The lowest BCUT2D eigenvalue weighted by Crippen LogP contribution is -2.06. The summed E-state index contributed by atoms with van der Waals surface area (Å²) in [6.45, 7) is 13.3. The minimum absolute atomic E-state index is 1.18. The molecule has 0 radical (unpaired) electrons. The third kappa shape index (κ3) is 9.20. The van der Waals surface area contributed by atoms with Gasteiger partial charge in [0, 0.05) is 18.9 Å².